The highest BCUT2D eigenvalue weighted by Gasteiger charge is 2.28. The van der Waals surface area contributed by atoms with Crippen molar-refractivity contribution in [1.82, 2.24) is 0 Å². The molecule has 298 valence electrons. The largest absolute Gasteiger partial charge is 0.508 e. The molecule has 0 saturated carbocycles. The van der Waals surface area contributed by atoms with E-state index in [-0.39, 0.29) is 34.2 Å². The average Bonchev–Trinajstić information content (AvgIpc) is 3.14. The van der Waals surface area contributed by atoms with Gasteiger partial charge in [0.1, 0.15) is 43.2 Å². The Morgan fingerprint density at radius 2 is 1.00 bits per heavy atom. The number of hydrogen-bond acceptors (Lipinski definition) is 18. The minimum atomic E-state index is -5.23. The molecular formula is C34H27N9O12S3. The smallest absolute Gasteiger partial charge is 0.296 e. The van der Waals surface area contributed by atoms with Crippen LogP contribution < -0.4 is 16.8 Å². The van der Waals surface area contributed by atoms with E-state index in [1.165, 1.54) is 78.9 Å². The number of azo groups is 3. The number of nitrogens with two attached hydrogens (primary N) is 2. The van der Waals surface area contributed by atoms with Crippen molar-refractivity contribution in [2.75, 3.05) is 16.8 Å². The first kappa shape index (κ1) is 40.6. The molecule has 6 aromatic rings. The fourth-order valence-electron chi connectivity index (χ4n) is 5.24. The Balaban J connectivity index is 1.37. The van der Waals surface area contributed by atoms with Gasteiger partial charge in [0.05, 0.1) is 39.5 Å². The molecule has 6 rings (SSSR count). The number of anilines is 4. The third-order valence-corrected chi connectivity index (χ3v) is 10.6. The van der Waals surface area contributed by atoms with Gasteiger partial charge in [-0.1, -0.05) is 0 Å². The summed E-state index contributed by atoms with van der Waals surface area (Å²) in [6.45, 7) is 0. The molecule has 0 aliphatic rings. The van der Waals surface area contributed by atoms with E-state index in [0.29, 0.717) is 29.2 Å². The number of nitrogens with one attached hydrogen (secondary N) is 1. The zero-order valence-electron chi connectivity index (χ0n) is 28.9. The van der Waals surface area contributed by atoms with Gasteiger partial charge in [-0.25, -0.2) is 0 Å². The number of fused-ring (bicyclic) bond motifs is 1. The lowest BCUT2D eigenvalue weighted by atomic mass is 10.1. The molecule has 0 atom stereocenters. The van der Waals surface area contributed by atoms with Gasteiger partial charge in [-0.15, -0.1) is 15.3 Å². The zero-order valence-corrected chi connectivity index (χ0v) is 31.4. The fraction of sp³-hybridized carbons (Fsp3) is 0. The van der Waals surface area contributed by atoms with Crippen LogP contribution in [0, 0.1) is 0 Å². The van der Waals surface area contributed by atoms with Crippen LogP contribution >= 0.6 is 0 Å². The Morgan fingerprint density at radius 3 is 1.59 bits per heavy atom. The fourth-order valence-corrected chi connectivity index (χ4v) is 7.24. The monoisotopic (exact) mass is 849 g/mol. The standard InChI is InChI=1S/C34H27N9O12S3/c35-24-16-23(45)10-12-25(24)41-38-19-3-1-18(2-4-19)37-26-11-7-21(15-27(26)56(47,48)49)40-42-32-28(57(50,51)52)13-17-14-29(58(53,54)55)33(34(46)30(17)31(32)36)43-39-20-5-8-22(44)9-6-20/h1-16,37,44-46H,35-36H2,(H,47,48,49)(H,50,51,52)(H,53,54,55)/b41-38+,42-40+,43-39+. The van der Waals surface area contributed by atoms with Crippen LogP contribution in [0.4, 0.5) is 56.9 Å². The minimum absolute atomic E-state index is 0.0432. The number of benzene rings is 6. The van der Waals surface area contributed by atoms with E-state index in [2.05, 4.69) is 36.0 Å². The lowest BCUT2D eigenvalue weighted by Gasteiger charge is -2.14. The van der Waals surface area contributed by atoms with Gasteiger partial charge in [-0.3, -0.25) is 13.7 Å². The predicted octanol–water partition coefficient (Wildman–Crippen LogP) is 7.85. The van der Waals surface area contributed by atoms with Crippen LogP contribution in [0.2, 0.25) is 0 Å². The van der Waals surface area contributed by atoms with E-state index in [1.807, 2.05) is 0 Å². The van der Waals surface area contributed by atoms with Gasteiger partial charge in [-0.05, 0) is 96.4 Å². The van der Waals surface area contributed by atoms with Gasteiger partial charge in [0, 0.05) is 11.8 Å². The molecule has 21 nitrogen and oxygen atoms in total. The topological polar surface area (TPSA) is 362 Å². The van der Waals surface area contributed by atoms with Crippen LogP contribution in [0.1, 0.15) is 0 Å². The first-order chi connectivity index (χ1) is 27.2. The summed E-state index contributed by atoms with van der Waals surface area (Å²) in [6.07, 6.45) is 0. The highest BCUT2D eigenvalue weighted by atomic mass is 32.2. The molecule has 0 unspecified atom stereocenters. The van der Waals surface area contributed by atoms with Crippen molar-refractivity contribution >= 4 is 98.0 Å². The second-order valence-electron chi connectivity index (χ2n) is 11.9. The first-order valence-electron chi connectivity index (χ1n) is 15.9. The van der Waals surface area contributed by atoms with Crippen molar-refractivity contribution in [3.05, 3.63) is 97.1 Å². The van der Waals surface area contributed by atoms with Crippen molar-refractivity contribution < 1.29 is 54.2 Å². The number of rotatable bonds is 11. The van der Waals surface area contributed by atoms with Gasteiger partial charge >= 0.3 is 0 Å². The number of nitrogen functional groups attached to an aromatic ring is 2. The number of phenolic OH excluding ortho intramolecular Hbond substituents is 3. The maximum absolute atomic E-state index is 12.5. The maximum Gasteiger partial charge on any atom is 0.296 e. The highest BCUT2D eigenvalue weighted by molar-refractivity contribution is 7.86. The van der Waals surface area contributed by atoms with Crippen LogP contribution in [-0.4, -0.2) is 54.2 Å². The Labute approximate surface area is 327 Å². The van der Waals surface area contributed by atoms with Crippen molar-refractivity contribution in [3.63, 3.8) is 0 Å². The van der Waals surface area contributed by atoms with Crippen molar-refractivity contribution in [1.29, 1.82) is 0 Å². The molecule has 58 heavy (non-hydrogen) atoms. The van der Waals surface area contributed by atoms with Gasteiger partial charge in [0.25, 0.3) is 30.4 Å². The summed E-state index contributed by atoms with van der Waals surface area (Å²) >= 11 is 0. The molecule has 6 aromatic carbocycles. The SMILES string of the molecule is Nc1cc(O)ccc1/N=N/c1ccc(Nc2ccc(/N=N/c3c(S(=O)(=O)O)cc4cc(S(=O)(=O)O)c(/N=N/c5ccc(O)cc5)c(O)c4c3N)cc2S(=O)(=O)O)cc1. The van der Waals surface area contributed by atoms with Crippen molar-refractivity contribution in [3.8, 4) is 17.2 Å². The molecule has 0 aromatic heterocycles. The normalized spacial score (nSPS) is 12.6. The minimum Gasteiger partial charge on any atom is -0.508 e. The van der Waals surface area contributed by atoms with Crippen LogP contribution in [0.3, 0.4) is 0 Å². The molecule has 0 aliphatic heterocycles. The summed E-state index contributed by atoms with van der Waals surface area (Å²) in [6, 6.07) is 20.0. The van der Waals surface area contributed by atoms with E-state index in [0.717, 1.165) is 6.07 Å². The summed E-state index contributed by atoms with van der Waals surface area (Å²) in [4.78, 5) is -2.77. The van der Waals surface area contributed by atoms with Crippen molar-refractivity contribution in [2.45, 2.75) is 14.7 Å². The Kier molecular flexibility index (Phi) is 10.8. The van der Waals surface area contributed by atoms with Gasteiger partial charge < -0.3 is 32.1 Å². The summed E-state index contributed by atoms with van der Waals surface area (Å²) in [7, 11) is -15.4. The van der Waals surface area contributed by atoms with Crippen LogP contribution in [0.5, 0.6) is 17.2 Å². The van der Waals surface area contributed by atoms with Gasteiger partial charge in [-0.2, -0.15) is 40.6 Å². The third kappa shape index (κ3) is 8.96. The van der Waals surface area contributed by atoms with E-state index < -0.39 is 78.6 Å². The molecule has 0 saturated heterocycles. The number of phenols is 3. The lowest BCUT2D eigenvalue weighted by Crippen LogP contribution is -2.04. The third-order valence-electron chi connectivity index (χ3n) is 7.92. The zero-order chi connectivity index (χ0) is 42.2. The molecule has 11 N–H and O–H groups in total. The quantitative estimate of drug-likeness (QED) is 0.0340. The Bertz CT molecular complexity index is 3050. The number of nitrogens with zero attached hydrogens (tertiary/aromatic N) is 6. The number of aromatic hydroxyl groups is 3. The molecule has 0 bridgehead atoms. The second-order valence-corrected chi connectivity index (χ2v) is 16.1. The van der Waals surface area contributed by atoms with Crippen LogP contribution in [0.25, 0.3) is 10.8 Å². The molecule has 0 amide bonds. The molecule has 0 radical (unpaired) electrons. The summed E-state index contributed by atoms with van der Waals surface area (Å²) < 4.78 is 105. The second kappa shape index (κ2) is 15.4. The van der Waals surface area contributed by atoms with E-state index in [4.69, 9.17) is 11.5 Å². The average molecular weight is 850 g/mol. The molecule has 0 heterocycles. The highest BCUT2D eigenvalue weighted by Crippen LogP contribution is 2.48. The van der Waals surface area contributed by atoms with Gasteiger partial charge in [0.2, 0.25) is 0 Å². The van der Waals surface area contributed by atoms with E-state index in [9.17, 15) is 54.2 Å². The van der Waals surface area contributed by atoms with E-state index in [1.54, 1.807) is 0 Å². The molecule has 24 heteroatoms. The van der Waals surface area contributed by atoms with Crippen molar-refractivity contribution in [2.24, 2.45) is 30.7 Å². The van der Waals surface area contributed by atoms with Crippen LogP contribution in [-0.2, 0) is 30.4 Å². The Hall–Kier alpha value is -7.09. The van der Waals surface area contributed by atoms with E-state index >= 15 is 0 Å². The summed E-state index contributed by atoms with van der Waals surface area (Å²) in [5.74, 6) is -1.19. The van der Waals surface area contributed by atoms with Gasteiger partial charge in [0.15, 0.2) is 5.75 Å². The van der Waals surface area contributed by atoms with Crippen LogP contribution in [0.15, 0.2) is 142 Å². The molecule has 0 aliphatic carbocycles. The number of hydrogen-bond donors (Lipinski definition) is 9. The summed E-state index contributed by atoms with van der Waals surface area (Å²) in [5.41, 5.74) is 10.6. The Morgan fingerprint density at radius 1 is 0.500 bits per heavy atom. The molecule has 0 fully saturated rings. The first-order valence-corrected chi connectivity index (χ1v) is 20.2. The molecular weight excluding hydrogens is 823 g/mol. The molecule has 0 spiro atoms. The predicted molar refractivity (Wildman–Crippen MR) is 209 cm³/mol. The maximum atomic E-state index is 12.5. The lowest BCUT2D eigenvalue weighted by molar-refractivity contribution is 0.472. The summed E-state index contributed by atoms with van der Waals surface area (Å²) in [5, 5.41) is 55.4.